The van der Waals surface area contributed by atoms with Crippen molar-refractivity contribution in [2.45, 2.75) is 18.9 Å². The van der Waals surface area contributed by atoms with E-state index < -0.39 is 5.91 Å². The molecule has 26 heavy (non-hydrogen) atoms. The van der Waals surface area contributed by atoms with Crippen LogP contribution in [0, 0.1) is 11.1 Å². The van der Waals surface area contributed by atoms with Gasteiger partial charge in [-0.1, -0.05) is 11.6 Å². The van der Waals surface area contributed by atoms with Crippen molar-refractivity contribution in [3.8, 4) is 5.75 Å². The molecule has 142 valence electrons. The first kappa shape index (κ1) is 19.1. The van der Waals surface area contributed by atoms with Crippen LogP contribution < -0.4 is 14.7 Å². The molecule has 2 atom stereocenters. The average Bonchev–Trinajstić information content (AvgIpc) is 2.64. The van der Waals surface area contributed by atoms with Gasteiger partial charge in [0.1, 0.15) is 11.6 Å². The van der Waals surface area contributed by atoms with Crippen LogP contribution in [-0.2, 0) is 4.79 Å². The minimum atomic E-state index is -0.569. The molecule has 1 aromatic rings. The third-order valence-electron chi connectivity index (χ3n) is 5.57. The predicted octanol–water partition coefficient (Wildman–Crippen LogP) is -0.512. The molecule has 0 aliphatic carbocycles. The predicted molar refractivity (Wildman–Crippen MR) is 95.6 cm³/mol. The monoisotopic (exact) mass is 383 g/mol. The fourth-order valence-corrected chi connectivity index (χ4v) is 4.29. The lowest BCUT2D eigenvalue weighted by Crippen LogP contribution is -3.16. The van der Waals surface area contributed by atoms with Gasteiger partial charge in [0.15, 0.2) is 12.4 Å². The van der Waals surface area contributed by atoms with E-state index >= 15 is 0 Å². The summed E-state index contributed by atoms with van der Waals surface area (Å²) in [7, 11) is 1.60. The highest BCUT2D eigenvalue weighted by Gasteiger charge is 2.41. The van der Waals surface area contributed by atoms with Crippen molar-refractivity contribution < 1.29 is 24.9 Å². The lowest BCUT2D eigenvalue weighted by atomic mass is 9.83. The van der Waals surface area contributed by atoms with E-state index in [0.29, 0.717) is 17.3 Å². The first-order valence-corrected chi connectivity index (χ1v) is 8.87. The van der Waals surface area contributed by atoms with E-state index in [1.807, 2.05) is 0 Å². The fraction of sp³-hybridized carbons (Fsp3) is 0.529. The van der Waals surface area contributed by atoms with Crippen LogP contribution in [0.2, 0.25) is 5.02 Å². The number of rotatable bonds is 2. The molecule has 5 rings (SSSR count). The number of hydrogen-bond donors (Lipinski definition) is 1. The van der Waals surface area contributed by atoms with Gasteiger partial charge in [0.25, 0.3) is 5.91 Å². The number of quaternary nitrogens is 1. The molecule has 0 spiro atoms. The number of benzene rings is 1. The van der Waals surface area contributed by atoms with Crippen LogP contribution in [0.5, 0.6) is 5.75 Å². The van der Waals surface area contributed by atoms with Crippen molar-refractivity contribution in [1.82, 2.24) is 4.90 Å². The van der Waals surface area contributed by atoms with Crippen LogP contribution >= 0.6 is 11.6 Å². The fourth-order valence-electron chi connectivity index (χ4n) is 4.08. The minimum absolute atomic E-state index is 0. The highest BCUT2D eigenvalue weighted by molar-refractivity contribution is 6.31. The topological polar surface area (TPSA) is 109 Å². The van der Waals surface area contributed by atoms with Gasteiger partial charge in [-0.3, -0.25) is 9.69 Å². The van der Waals surface area contributed by atoms with Crippen molar-refractivity contribution in [2.24, 2.45) is 5.92 Å². The van der Waals surface area contributed by atoms with Crippen LogP contribution in [0.3, 0.4) is 0 Å². The number of hydrogen-bond acceptors (Lipinski definition) is 5. The van der Waals surface area contributed by atoms with E-state index in [1.165, 1.54) is 11.0 Å². The second kappa shape index (κ2) is 7.13. The lowest BCUT2D eigenvalue weighted by Gasteiger charge is -2.47. The van der Waals surface area contributed by atoms with Crippen LogP contribution in [0.15, 0.2) is 12.1 Å². The smallest absolute Gasteiger partial charge is 0.348 e. The number of carbonyl (C=O) groups is 2. The number of likely N-dealkylation sites (N-methyl/N-ethyl adjacent to an activating group) is 1. The van der Waals surface area contributed by atoms with Crippen molar-refractivity contribution in [3.05, 3.63) is 27.9 Å². The van der Waals surface area contributed by atoms with Crippen molar-refractivity contribution in [2.75, 3.05) is 38.2 Å². The molecular formula is C17H22ClN3O5. The van der Waals surface area contributed by atoms with Crippen LogP contribution in [-0.4, -0.2) is 61.5 Å². The number of fused-ring (bicyclic) bond motifs is 4. The van der Waals surface area contributed by atoms with Crippen molar-refractivity contribution in [3.63, 3.8) is 0 Å². The molecule has 0 saturated carbocycles. The van der Waals surface area contributed by atoms with E-state index in [2.05, 4.69) is 4.90 Å². The molecule has 4 heterocycles. The Morgan fingerprint density at radius 2 is 2.04 bits per heavy atom. The van der Waals surface area contributed by atoms with E-state index in [4.69, 9.17) is 16.3 Å². The number of carbonyl (C=O) groups excluding carboxylic acids is 2. The highest BCUT2D eigenvalue weighted by atomic mass is 35.5. The third kappa shape index (κ3) is 3.08. The molecule has 3 saturated heterocycles. The number of halogens is 1. The van der Waals surface area contributed by atoms with Gasteiger partial charge in [-0.05, 0) is 38.1 Å². The molecule has 1 aromatic carbocycles. The van der Waals surface area contributed by atoms with Gasteiger partial charge in [0.05, 0.1) is 12.2 Å². The minimum Gasteiger partial charge on any atom is -0.626 e. The van der Waals surface area contributed by atoms with Gasteiger partial charge >= 0.3 is 5.91 Å². The molecule has 2 amide bonds. The summed E-state index contributed by atoms with van der Waals surface area (Å²) in [4.78, 5) is 28.4. The molecule has 8 nitrogen and oxygen atoms in total. The summed E-state index contributed by atoms with van der Waals surface area (Å²) >= 11 is 6.13. The van der Waals surface area contributed by atoms with Gasteiger partial charge < -0.3 is 25.4 Å². The van der Waals surface area contributed by atoms with E-state index in [1.54, 1.807) is 13.1 Å². The Morgan fingerprint density at radius 1 is 1.35 bits per heavy atom. The first-order chi connectivity index (χ1) is 12.0. The number of anilines is 1. The van der Waals surface area contributed by atoms with Gasteiger partial charge in [0, 0.05) is 18.0 Å². The van der Waals surface area contributed by atoms with Crippen LogP contribution in [0.1, 0.15) is 23.2 Å². The number of piperidine rings is 3. The molecule has 2 bridgehead atoms. The van der Waals surface area contributed by atoms with E-state index in [9.17, 15) is 14.8 Å². The SMILES string of the molecule is CN1C(=O)COc2c(C(=O)[NH+]([O-])C3CN4CCC3CC4)cc(Cl)cc21.O. The lowest BCUT2D eigenvalue weighted by molar-refractivity contribution is -0.796. The third-order valence-corrected chi connectivity index (χ3v) is 5.79. The molecule has 4 aliphatic heterocycles. The molecule has 0 aromatic heterocycles. The quantitative estimate of drug-likeness (QED) is 0.692. The summed E-state index contributed by atoms with van der Waals surface area (Å²) < 4.78 is 5.48. The molecule has 9 heteroatoms. The molecule has 0 radical (unpaired) electrons. The molecule has 3 fully saturated rings. The Bertz CT molecular complexity index is 735. The second-order valence-corrected chi connectivity index (χ2v) is 7.42. The van der Waals surface area contributed by atoms with Gasteiger partial charge in [-0.15, -0.1) is 0 Å². The van der Waals surface area contributed by atoms with Crippen molar-refractivity contribution in [1.29, 1.82) is 0 Å². The molecule has 2 unspecified atom stereocenters. The first-order valence-electron chi connectivity index (χ1n) is 8.49. The maximum Gasteiger partial charge on any atom is 0.348 e. The maximum absolute atomic E-state index is 12.9. The van der Waals surface area contributed by atoms with Gasteiger partial charge in [-0.2, -0.15) is 0 Å². The summed E-state index contributed by atoms with van der Waals surface area (Å²) in [6, 6.07) is 2.78. The molecule has 4 aliphatic rings. The summed E-state index contributed by atoms with van der Waals surface area (Å²) in [5, 5.41) is 12.8. The van der Waals surface area contributed by atoms with Gasteiger partial charge in [0.2, 0.25) is 0 Å². The van der Waals surface area contributed by atoms with Crippen LogP contribution in [0.4, 0.5) is 5.69 Å². The Morgan fingerprint density at radius 3 is 2.65 bits per heavy atom. The molecular weight excluding hydrogens is 362 g/mol. The number of nitrogens with zero attached hydrogens (tertiary/aromatic N) is 2. The Hall–Kier alpha value is -1.71. The Kier molecular flexibility index (Phi) is 5.23. The normalized spacial score (nSPS) is 28.0. The zero-order valence-corrected chi connectivity index (χ0v) is 15.2. The maximum atomic E-state index is 12.9. The zero-order chi connectivity index (χ0) is 17.7. The van der Waals surface area contributed by atoms with E-state index in [0.717, 1.165) is 25.9 Å². The average molecular weight is 384 g/mol. The number of amides is 2. The van der Waals surface area contributed by atoms with Crippen molar-refractivity contribution >= 4 is 29.1 Å². The second-order valence-electron chi connectivity index (χ2n) is 6.98. The standard InChI is InChI=1S/C17H20ClN3O4.H2O/c1-19-13-7-11(18)6-12(16(13)25-9-15(19)22)17(23)21(24)14-8-20-4-2-10(14)3-5-20;/h6-7,10,14,21H,2-5,8-9H2,1H3;1H2. The number of nitrogens with one attached hydrogen (secondary N) is 1. The Labute approximate surface area is 156 Å². The largest absolute Gasteiger partial charge is 0.626 e. The Balaban J connectivity index is 0.00000196. The highest BCUT2D eigenvalue weighted by Crippen LogP contribution is 2.37. The molecule has 3 N–H and O–H groups in total. The summed E-state index contributed by atoms with van der Waals surface area (Å²) in [5.74, 6) is -0.245. The summed E-state index contributed by atoms with van der Waals surface area (Å²) in [6.07, 6.45) is 1.93. The zero-order valence-electron chi connectivity index (χ0n) is 14.5. The summed E-state index contributed by atoms with van der Waals surface area (Å²) in [5.41, 5.74) is 0.581. The van der Waals surface area contributed by atoms with Gasteiger partial charge in [-0.25, -0.2) is 4.79 Å². The number of ether oxygens (including phenoxy) is 1. The van der Waals surface area contributed by atoms with E-state index in [-0.39, 0.29) is 46.3 Å². The number of hydroxylamine groups is 2. The summed E-state index contributed by atoms with van der Waals surface area (Å²) in [6.45, 7) is 2.51. The van der Waals surface area contributed by atoms with Crippen LogP contribution in [0.25, 0.3) is 0 Å².